The Morgan fingerprint density at radius 1 is 1.36 bits per heavy atom. The van der Waals surface area contributed by atoms with Crippen LogP contribution in [0.5, 0.6) is 0 Å². The monoisotopic (exact) mass is 190 g/mol. The van der Waals surface area contributed by atoms with E-state index in [0.717, 1.165) is 5.36 Å². The average molecular weight is 190 g/mol. The van der Waals surface area contributed by atoms with Crippen molar-refractivity contribution in [3.63, 3.8) is 0 Å². The first-order valence-corrected chi connectivity index (χ1v) is 4.30. The van der Waals surface area contributed by atoms with E-state index < -0.39 is 6.04 Å². The van der Waals surface area contributed by atoms with Crippen LogP contribution in [0.25, 0.3) is 0 Å². The zero-order valence-corrected chi connectivity index (χ0v) is 7.47. The molecule has 0 radical (unpaired) electrons. The van der Waals surface area contributed by atoms with Gasteiger partial charge in [0.15, 0.2) is 0 Å². The van der Waals surface area contributed by atoms with Gasteiger partial charge in [-0.2, -0.15) is 0 Å². The van der Waals surface area contributed by atoms with Crippen LogP contribution in [-0.2, 0) is 4.79 Å². The second-order valence-corrected chi connectivity index (χ2v) is 2.99. The molecular weight excluding hydrogens is 180 g/mol. The van der Waals surface area contributed by atoms with Gasteiger partial charge in [0.1, 0.15) is 6.04 Å². The first-order valence-electron chi connectivity index (χ1n) is 4.30. The lowest BCUT2D eigenvalue weighted by molar-refractivity contribution is -0.119. The average Bonchev–Trinajstić information content (AvgIpc) is 2.19. The van der Waals surface area contributed by atoms with Crippen LogP contribution in [0.4, 0.5) is 0 Å². The topological polar surface area (TPSA) is 79.8 Å². The molecule has 72 valence electrons. The van der Waals surface area contributed by atoms with E-state index in [2.05, 4.69) is 15.4 Å². The Kier molecular flexibility index (Phi) is 2.34. The minimum atomic E-state index is -0.491. The number of nitrogens with zero attached hydrogens (tertiary/aromatic N) is 2. The second kappa shape index (κ2) is 3.65. The Balaban J connectivity index is 2.50. The Hall–Kier alpha value is -1.59. The second-order valence-electron chi connectivity index (χ2n) is 2.99. The Labute approximate surface area is 80.3 Å². The molecule has 5 heteroatoms. The third-order valence-corrected chi connectivity index (χ3v) is 2.00. The molecule has 1 aromatic carbocycles. The van der Waals surface area contributed by atoms with Crippen molar-refractivity contribution in [2.75, 3.05) is 6.54 Å². The molecule has 0 bridgehead atoms. The normalized spacial score (nSPS) is 19.5. The highest BCUT2D eigenvalue weighted by Gasteiger charge is 2.18. The third-order valence-electron chi connectivity index (χ3n) is 2.00. The van der Waals surface area contributed by atoms with Crippen LogP contribution in [-0.4, -0.2) is 18.5 Å². The lowest BCUT2D eigenvalue weighted by Gasteiger charge is -2.10. The standard InChI is InChI=1S/C9H10N4O/c10-11-5-8-9(14)13-7-4-2-1-3-6(7)12-8/h1-4,8,11H,5,10H2. The fraction of sp³-hybridized carbons (Fsp3) is 0.222. The summed E-state index contributed by atoms with van der Waals surface area (Å²) in [7, 11) is 0. The summed E-state index contributed by atoms with van der Waals surface area (Å²) in [5, 5.41) is 1.37. The fourth-order valence-electron chi connectivity index (χ4n) is 1.33. The molecule has 0 saturated heterocycles. The fourth-order valence-corrected chi connectivity index (χ4v) is 1.33. The summed E-state index contributed by atoms with van der Waals surface area (Å²) in [6.45, 7) is 0.316. The molecule has 1 aromatic rings. The number of fused-ring (bicyclic) bond motifs is 1. The van der Waals surface area contributed by atoms with Crippen molar-refractivity contribution >= 4 is 5.91 Å². The van der Waals surface area contributed by atoms with E-state index in [1.54, 1.807) is 6.07 Å². The molecule has 14 heavy (non-hydrogen) atoms. The summed E-state index contributed by atoms with van der Waals surface area (Å²) in [6.07, 6.45) is 0. The van der Waals surface area contributed by atoms with E-state index in [1.807, 2.05) is 18.2 Å². The highest BCUT2D eigenvalue weighted by atomic mass is 16.1. The van der Waals surface area contributed by atoms with E-state index >= 15 is 0 Å². The number of carbonyl (C=O) groups is 1. The maximum atomic E-state index is 11.4. The van der Waals surface area contributed by atoms with Gasteiger partial charge in [0.2, 0.25) is 0 Å². The van der Waals surface area contributed by atoms with Gasteiger partial charge in [0, 0.05) is 6.54 Å². The van der Waals surface area contributed by atoms with Crippen LogP contribution in [0, 0.1) is 0 Å². The molecule has 0 saturated carbocycles. The molecule has 3 N–H and O–H groups in total. The van der Waals surface area contributed by atoms with Crippen LogP contribution in [0.15, 0.2) is 34.3 Å². The van der Waals surface area contributed by atoms with E-state index in [4.69, 9.17) is 5.84 Å². The molecule has 0 aromatic heterocycles. The van der Waals surface area contributed by atoms with Crippen molar-refractivity contribution in [2.45, 2.75) is 6.04 Å². The van der Waals surface area contributed by atoms with Crippen molar-refractivity contribution in [3.8, 4) is 0 Å². The quantitative estimate of drug-likeness (QED) is 0.431. The molecule has 0 fully saturated rings. The molecule has 1 heterocycles. The first-order chi connectivity index (χ1) is 6.81. The number of hydrazine groups is 1. The minimum Gasteiger partial charge on any atom is -0.271 e. The van der Waals surface area contributed by atoms with Crippen molar-refractivity contribution < 1.29 is 4.79 Å². The summed E-state index contributed by atoms with van der Waals surface area (Å²) < 4.78 is 0. The number of para-hydroxylation sites is 2. The summed E-state index contributed by atoms with van der Waals surface area (Å²) in [4.78, 5) is 19.5. The zero-order valence-electron chi connectivity index (χ0n) is 7.47. The van der Waals surface area contributed by atoms with Crippen molar-refractivity contribution in [3.05, 3.63) is 35.0 Å². The van der Waals surface area contributed by atoms with Gasteiger partial charge >= 0.3 is 0 Å². The smallest absolute Gasteiger partial charge is 0.271 e. The Bertz CT molecular complexity index is 468. The Morgan fingerprint density at radius 2 is 2.07 bits per heavy atom. The maximum absolute atomic E-state index is 11.4. The maximum Gasteiger partial charge on any atom is 0.272 e. The van der Waals surface area contributed by atoms with Crippen LogP contribution < -0.4 is 22.0 Å². The molecule has 1 amide bonds. The van der Waals surface area contributed by atoms with Crippen LogP contribution in [0.3, 0.4) is 0 Å². The molecule has 1 aliphatic rings. The number of hydrogen-bond acceptors (Lipinski definition) is 4. The van der Waals surface area contributed by atoms with Gasteiger partial charge in [0.05, 0.1) is 10.7 Å². The lowest BCUT2D eigenvalue weighted by Crippen LogP contribution is -2.42. The van der Waals surface area contributed by atoms with Gasteiger partial charge in [-0.15, -0.1) is 0 Å². The number of rotatable bonds is 2. The predicted molar refractivity (Wildman–Crippen MR) is 49.7 cm³/mol. The number of nitrogens with one attached hydrogen (secondary N) is 1. The number of hydrogen-bond donors (Lipinski definition) is 2. The number of benzene rings is 1. The highest BCUT2D eigenvalue weighted by Crippen LogP contribution is 1.94. The summed E-state index contributed by atoms with van der Waals surface area (Å²) >= 11 is 0. The van der Waals surface area contributed by atoms with Crippen LogP contribution >= 0.6 is 0 Å². The van der Waals surface area contributed by atoms with Gasteiger partial charge in [-0.05, 0) is 12.1 Å². The number of amides is 1. The first kappa shape index (κ1) is 8.98. The Morgan fingerprint density at radius 3 is 2.79 bits per heavy atom. The molecule has 5 nitrogen and oxygen atoms in total. The van der Waals surface area contributed by atoms with E-state index in [1.165, 1.54) is 0 Å². The number of nitrogens with two attached hydrogens (primary N) is 1. The van der Waals surface area contributed by atoms with Gasteiger partial charge in [-0.1, -0.05) is 12.1 Å². The molecule has 2 rings (SSSR count). The van der Waals surface area contributed by atoms with Gasteiger partial charge in [-0.3, -0.25) is 21.1 Å². The molecule has 1 aliphatic heterocycles. The number of carbonyl (C=O) groups excluding carboxylic acids is 1. The van der Waals surface area contributed by atoms with Crippen molar-refractivity contribution in [1.29, 1.82) is 0 Å². The SMILES string of the molecule is NNCC1N=c2ccccc2=NC1=O. The minimum absolute atomic E-state index is 0.248. The van der Waals surface area contributed by atoms with Gasteiger partial charge in [-0.25, -0.2) is 4.99 Å². The molecule has 0 aliphatic carbocycles. The van der Waals surface area contributed by atoms with Crippen LogP contribution in [0.1, 0.15) is 0 Å². The third kappa shape index (κ3) is 1.55. The van der Waals surface area contributed by atoms with E-state index in [9.17, 15) is 4.79 Å². The van der Waals surface area contributed by atoms with Gasteiger partial charge in [0.25, 0.3) is 5.91 Å². The molecule has 1 atom stereocenters. The van der Waals surface area contributed by atoms with E-state index in [0.29, 0.717) is 11.9 Å². The predicted octanol–water partition coefficient (Wildman–Crippen LogP) is -1.70. The highest BCUT2D eigenvalue weighted by molar-refractivity contribution is 5.83. The molecule has 1 unspecified atom stereocenters. The molecular formula is C9H10N4O. The lowest BCUT2D eigenvalue weighted by atomic mass is 10.2. The summed E-state index contributed by atoms with van der Waals surface area (Å²) in [6, 6.07) is 6.79. The molecule has 0 spiro atoms. The summed E-state index contributed by atoms with van der Waals surface area (Å²) in [5.74, 6) is 4.89. The van der Waals surface area contributed by atoms with Crippen LogP contribution in [0.2, 0.25) is 0 Å². The van der Waals surface area contributed by atoms with Gasteiger partial charge < -0.3 is 0 Å². The summed E-state index contributed by atoms with van der Waals surface area (Å²) in [5.41, 5.74) is 2.42. The van der Waals surface area contributed by atoms with Crippen molar-refractivity contribution in [1.82, 2.24) is 5.43 Å². The largest absolute Gasteiger partial charge is 0.272 e. The zero-order chi connectivity index (χ0) is 9.97. The van der Waals surface area contributed by atoms with E-state index in [-0.39, 0.29) is 5.91 Å². The van der Waals surface area contributed by atoms with Crippen molar-refractivity contribution in [2.24, 2.45) is 15.8 Å².